The van der Waals surface area contributed by atoms with Crippen LogP contribution in [0.5, 0.6) is 0 Å². The Morgan fingerprint density at radius 1 is 1.20 bits per heavy atom. The summed E-state index contributed by atoms with van der Waals surface area (Å²) in [6.45, 7) is 5.54. The molecule has 3 rings (SSSR count). The van der Waals surface area contributed by atoms with Crippen molar-refractivity contribution in [3.05, 3.63) is 35.8 Å². The van der Waals surface area contributed by atoms with Crippen molar-refractivity contribution in [3.63, 3.8) is 0 Å². The van der Waals surface area contributed by atoms with Crippen LogP contribution in [0.3, 0.4) is 0 Å². The molecule has 2 aromatic rings. The lowest BCUT2D eigenvalue weighted by Crippen LogP contribution is -2.22. The van der Waals surface area contributed by atoms with Crippen LogP contribution in [0, 0.1) is 5.92 Å². The summed E-state index contributed by atoms with van der Waals surface area (Å²) < 4.78 is 24.1. The summed E-state index contributed by atoms with van der Waals surface area (Å²) >= 11 is 0. The van der Waals surface area contributed by atoms with Gasteiger partial charge in [-0.05, 0) is 18.1 Å². The number of anilines is 1. The van der Waals surface area contributed by atoms with Gasteiger partial charge in [-0.3, -0.25) is 4.98 Å². The Morgan fingerprint density at radius 2 is 1.96 bits per heavy atom. The number of pyridine rings is 1. The zero-order valence-electron chi connectivity index (χ0n) is 14.5. The minimum atomic E-state index is -3.06. The minimum absolute atomic E-state index is 0.0992. The number of fused-ring (bicyclic) bond motifs is 1. The average Bonchev–Trinajstić information content (AvgIpc) is 3.03. The zero-order chi connectivity index (χ0) is 17.9. The van der Waals surface area contributed by atoms with E-state index in [1.165, 1.54) is 0 Å². The van der Waals surface area contributed by atoms with Crippen LogP contribution in [0.25, 0.3) is 11.4 Å². The maximum absolute atomic E-state index is 12.1. The van der Waals surface area contributed by atoms with Gasteiger partial charge in [0, 0.05) is 43.2 Å². The fraction of sp³-hybridized carbons (Fsp3) is 0.471. The second-order valence-electron chi connectivity index (χ2n) is 6.60. The van der Waals surface area contributed by atoms with E-state index < -0.39 is 9.84 Å². The van der Waals surface area contributed by atoms with Gasteiger partial charge in [0.15, 0.2) is 15.7 Å². The largest absolute Gasteiger partial charge is 0.369 e. The van der Waals surface area contributed by atoms with E-state index in [9.17, 15) is 8.42 Å². The lowest BCUT2D eigenvalue weighted by atomic mass is 10.2. The molecular weight excluding hydrogens is 338 g/mol. The molecule has 0 saturated heterocycles. The van der Waals surface area contributed by atoms with Gasteiger partial charge in [-0.2, -0.15) is 0 Å². The summed E-state index contributed by atoms with van der Waals surface area (Å²) in [4.78, 5) is 13.2. The van der Waals surface area contributed by atoms with Crippen LogP contribution in [0.1, 0.15) is 25.1 Å². The highest BCUT2D eigenvalue weighted by molar-refractivity contribution is 7.91. The first-order valence-corrected chi connectivity index (χ1v) is 10.2. The highest BCUT2D eigenvalue weighted by Gasteiger charge is 2.20. The van der Waals surface area contributed by atoms with Crippen LogP contribution in [-0.2, 0) is 22.9 Å². The number of aromatic nitrogens is 3. The predicted octanol–water partition coefficient (Wildman–Crippen LogP) is 1.62. The first-order valence-electron chi connectivity index (χ1n) is 8.40. The standard InChI is InChI=1S/C17H23N5O2S/c1-12(2)11-25(23,24)8-7-20-17-14-9-19-10-15(14)21-16(22-17)13-3-5-18-6-4-13/h3-6,12,19H,7-11H2,1-2H3,(H,20,21,22). The van der Waals surface area contributed by atoms with Gasteiger partial charge in [0.2, 0.25) is 0 Å². The Bertz CT molecular complexity index is 838. The summed E-state index contributed by atoms with van der Waals surface area (Å²) in [5.41, 5.74) is 2.86. The molecule has 0 aliphatic carbocycles. The normalized spacial score (nSPS) is 13.9. The van der Waals surface area contributed by atoms with Crippen LogP contribution in [0.2, 0.25) is 0 Å². The summed E-state index contributed by atoms with van der Waals surface area (Å²) in [6.07, 6.45) is 3.41. The van der Waals surface area contributed by atoms with Crippen molar-refractivity contribution >= 4 is 15.7 Å². The Kier molecular flexibility index (Phi) is 5.29. The maximum atomic E-state index is 12.1. The molecule has 0 atom stereocenters. The van der Waals surface area contributed by atoms with Gasteiger partial charge in [0.1, 0.15) is 5.82 Å². The van der Waals surface area contributed by atoms with E-state index in [4.69, 9.17) is 0 Å². The van der Waals surface area contributed by atoms with E-state index >= 15 is 0 Å². The van der Waals surface area contributed by atoms with E-state index in [1.54, 1.807) is 12.4 Å². The number of hydrogen-bond acceptors (Lipinski definition) is 7. The first kappa shape index (κ1) is 17.8. The summed E-state index contributed by atoms with van der Waals surface area (Å²) in [5, 5.41) is 6.47. The molecule has 8 heteroatoms. The molecule has 2 aromatic heterocycles. The third-order valence-electron chi connectivity index (χ3n) is 3.92. The minimum Gasteiger partial charge on any atom is -0.369 e. The number of rotatable bonds is 7. The van der Waals surface area contributed by atoms with E-state index in [2.05, 4.69) is 25.6 Å². The Labute approximate surface area is 148 Å². The van der Waals surface area contributed by atoms with E-state index in [0.29, 0.717) is 31.3 Å². The van der Waals surface area contributed by atoms with Crippen LogP contribution < -0.4 is 10.6 Å². The Balaban J connectivity index is 1.78. The van der Waals surface area contributed by atoms with Gasteiger partial charge < -0.3 is 10.6 Å². The zero-order valence-corrected chi connectivity index (χ0v) is 15.3. The molecule has 134 valence electrons. The van der Waals surface area contributed by atoms with Crippen LogP contribution >= 0.6 is 0 Å². The summed E-state index contributed by atoms with van der Waals surface area (Å²) in [5.74, 6) is 1.78. The fourth-order valence-corrected chi connectivity index (χ4v) is 4.46. The lowest BCUT2D eigenvalue weighted by Gasteiger charge is -2.12. The molecule has 0 saturated carbocycles. The van der Waals surface area contributed by atoms with Crippen molar-refractivity contribution in [1.29, 1.82) is 0 Å². The third-order valence-corrected chi connectivity index (χ3v) is 5.92. The van der Waals surface area contributed by atoms with Gasteiger partial charge in [0.25, 0.3) is 0 Å². The van der Waals surface area contributed by atoms with Crippen LogP contribution in [-0.4, -0.2) is 41.4 Å². The van der Waals surface area contributed by atoms with Crippen molar-refractivity contribution in [1.82, 2.24) is 20.3 Å². The molecule has 0 bridgehead atoms. The van der Waals surface area contributed by atoms with Gasteiger partial charge in [-0.15, -0.1) is 0 Å². The molecule has 0 unspecified atom stereocenters. The quantitative estimate of drug-likeness (QED) is 0.773. The highest BCUT2D eigenvalue weighted by atomic mass is 32.2. The molecule has 0 radical (unpaired) electrons. The Morgan fingerprint density at radius 3 is 2.68 bits per heavy atom. The molecule has 3 heterocycles. The second kappa shape index (κ2) is 7.45. The van der Waals surface area contributed by atoms with Gasteiger partial charge in [0.05, 0.1) is 17.2 Å². The van der Waals surface area contributed by atoms with Crippen LogP contribution in [0.4, 0.5) is 5.82 Å². The topological polar surface area (TPSA) is 96.9 Å². The molecule has 2 N–H and O–H groups in total. The highest BCUT2D eigenvalue weighted by Crippen LogP contribution is 2.25. The van der Waals surface area contributed by atoms with E-state index in [-0.39, 0.29) is 17.4 Å². The second-order valence-corrected chi connectivity index (χ2v) is 8.82. The predicted molar refractivity (Wildman–Crippen MR) is 97.8 cm³/mol. The number of sulfone groups is 1. The SMILES string of the molecule is CC(C)CS(=O)(=O)CCNc1nc(-c2ccncc2)nc2c1CNC2. The molecule has 0 amide bonds. The number of nitrogens with zero attached hydrogens (tertiary/aromatic N) is 3. The smallest absolute Gasteiger partial charge is 0.161 e. The van der Waals surface area contributed by atoms with Crippen molar-refractivity contribution in [3.8, 4) is 11.4 Å². The fourth-order valence-electron chi connectivity index (χ4n) is 2.86. The van der Waals surface area contributed by atoms with Crippen LogP contribution in [0.15, 0.2) is 24.5 Å². The molecule has 0 spiro atoms. The molecule has 0 fully saturated rings. The molecule has 0 aromatic carbocycles. The number of hydrogen-bond donors (Lipinski definition) is 2. The first-order chi connectivity index (χ1) is 11.9. The van der Waals surface area contributed by atoms with Crippen molar-refractivity contribution in [2.24, 2.45) is 5.92 Å². The summed E-state index contributed by atoms with van der Waals surface area (Å²) in [7, 11) is -3.06. The molecule has 1 aliphatic heterocycles. The Hall–Kier alpha value is -2.06. The third kappa shape index (κ3) is 4.52. The molecule has 7 nitrogen and oxygen atoms in total. The van der Waals surface area contributed by atoms with E-state index in [0.717, 1.165) is 16.8 Å². The van der Waals surface area contributed by atoms with Gasteiger partial charge in [-0.1, -0.05) is 13.8 Å². The molecular formula is C17H23N5O2S. The number of nitrogens with one attached hydrogen (secondary N) is 2. The average molecular weight is 361 g/mol. The summed E-state index contributed by atoms with van der Waals surface area (Å²) in [6, 6.07) is 3.72. The van der Waals surface area contributed by atoms with E-state index in [1.807, 2.05) is 26.0 Å². The monoisotopic (exact) mass is 361 g/mol. The lowest BCUT2D eigenvalue weighted by molar-refractivity contribution is 0.583. The maximum Gasteiger partial charge on any atom is 0.161 e. The molecule has 1 aliphatic rings. The molecule has 25 heavy (non-hydrogen) atoms. The van der Waals surface area contributed by atoms with Gasteiger partial charge in [-0.25, -0.2) is 18.4 Å². The van der Waals surface area contributed by atoms with Gasteiger partial charge >= 0.3 is 0 Å². The van der Waals surface area contributed by atoms with Crippen molar-refractivity contribution < 1.29 is 8.42 Å². The van der Waals surface area contributed by atoms with Crippen molar-refractivity contribution in [2.75, 3.05) is 23.4 Å². The van der Waals surface area contributed by atoms with Crippen molar-refractivity contribution in [2.45, 2.75) is 26.9 Å².